The second-order valence-electron chi connectivity index (χ2n) is 5.50. The molecule has 5 heteroatoms. The minimum absolute atomic E-state index is 0.352. The molecule has 0 radical (unpaired) electrons. The lowest BCUT2D eigenvalue weighted by atomic mass is 10.1. The van der Waals surface area contributed by atoms with E-state index in [0.717, 1.165) is 0 Å². The van der Waals surface area contributed by atoms with Crippen molar-refractivity contribution in [2.45, 2.75) is 40.0 Å². The Hall–Kier alpha value is -1.24. The molecule has 0 fully saturated rings. The third-order valence-electron chi connectivity index (χ3n) is 3.76. The molecule has 0 heterocycles. The molecule has 0 aliphatic carbocycles. The van der Waals surface area contributed by atoms with Crippen LogP contribution in [0.4, 0.5) is 0 Å². The standard InChI is InChI=1S/C19H28O4Si/c1-5-20-16(4)23-24(21-6-2,22-7-3)15-18-13-10-12-17-11-8-9-14-19(17)18/h8-14,16H,5-7,15H2,1-4H3. The van der Waals surface area contributed by atoms with Crippen molar-refractivity contribution in [1.29, 1.82) is 0 Å². The van der Waals surface area contributed by atoms with E-state index in [1.54, 1.807) is 0 Å². The summed E-state index contributed by atoms with van der Waals surface area (Å²) in [6, 6.07) is 15.3. The van der Waals surface area contributed by atoms with Gasteiger partial charge < -0.3 is 18.0 Å². The van der Waals surface area contributed by atoms with Gasteiger partial charge in [-0.25, -0.2) is 0 Å². The van der Waals surface area contributed by atoms with Crippen LogP contribution in [0.25, 0.3) is 10.8 Å². The van der Waals surface area contributed by atoms with Crippen molar-refractivity contribution < 1.29 is 18.0 Å². The number of benzene rings is 2. The summed E-state index contributed by atoms with van der Waals surface area (Å²) in [7, 11) is -2.88. The molecule has 0 aliphatic rings. The van der Waals surface area contributed by atoms with Gasteiger partial charge in [0.25, 0.3) is 0 Å². The van der Waals surface area contributed by atoms with Crippen LogP contribution in [0.3, 0.4) is 0 Å². The number of ether oxygens (including phenoxy) is 1. The number of rotatable bonds is 10. The molecule has 24 heavy (non-hydrogen) atoms. The van der Waals surface area contributed by atoms with Crippen LogP contribution >= 0.6 is 0 Å². The first-order valence-corrected chi connectivity index (χ1v) is 10.6. The van der Waals surface area contributed by atoms with Crippen LogP contribution in [0.2, 0.25) is 0 Å². The second-order valence-corrected chi connectivity index (χ2v) is 8.04. The highest BCUT2D eigenvalue weighted by molar-refractivity contribution is 6.60. The molecule has 0 spiro atoms. The molecule has 2 aromatic carbocycles. The molecule has 0 bridgehead atoms. The predicted octanol–water partition coefficient (Wildman–Crippen LogP) is 4.33. The topological polar surface area (TPSA) is 36.9 Å². The lowest BCUT2D eigenvalue weighted by Gasteiger charge is -2.31. The van der Waals surface area contributed by atoms with Gasteiger partial charge in [-0.1, -0.05) is 42.5 Å². The molecule has 0 N–H and O–H groups in total. The Morgan fingerprint density at radius 1 is 0.875 bits per heavy atom. The van der Waals surface area contributed by atoms with E-state index in [2.05, 4.69) is 42.5 Å². The van der Waals surface area contributed by atoms with Crippen molar-refractivity contribution in [3.8, 4) is 0 Å². The Bertz CT molecular complexity index is 620. The molecule has 4 nitrogen and oxygen atoms in total. The molecule has 0 saturated carbocycles. The molecule has 132 valence electrons. The summed E-state index contributed by atoms with van der Waals surface area (Å²) in [5.74, 6) is 0. The lowest BCUT2D eigenvalue weighted by molar-refractivity contribution is -0.105. The first-order valence-electron chi connectivity index (χ1n) is 8.68. The quantitative estimate of drug-likeness (QED) is 0.473. The highest BCUT2D eigenvalue weighted by Gasteiger charge is 2.43. The van der Waals surface area contributed by atoms with E-state index in [1.165, 1.54) is 16.3 Å². The van der Waals surface area contributed by atoms with Crippen molar-refractivity contribution in [2.75, 3.05) is 19.8 Å². The smallest absolute Gasteiger partial charge is 0.374 e. The Morgan fingerprint density at radius 2 is 1.54 bits per heavy atom. The zero-order valence-electron chi connectivity index (χ0n) is 15.1. The Kier molecular flexibility index (Phi) is 7.39. The highest BCUT2D eigenvalue weighted by Crippen LogP contribution is 2.25. The maximum atomic E-state index is 6.18. The summed E-state index contributed by atoms with van der Waals surface area (Å²) in [6.45, 7) is 9.49. The summed E-state index contributed by atoms with van der Waals surface area (Å²) in [6.07, 6.45) is -0.352. The number of fused-ring (bicyclic) bond motifs is 1. The van der Waals surface area contributed by atoms with Gasteiger partial charge in [-0.2, -0.15) is 0 Å². The number of hydrogen-bond acceptors (Lipinski definition) is 4. The monoisotopic (exact) mass is 348 g/mol. The van der Waals surface area contributed by atoms with Gasteiger partial charge in [-0.05, 0) is 44.0 Å². The largest absolute Gasteiger partial charge is 0.507 e. The van der Waals surface area contributed by atoms with Crippen molar-refractivity contribution in [3.05, 3.63) is 48.0 Å². The van der Waals surface area contributed by atoms with Gasteiger partial charge in [-0.15, -0.1) is 0 Å². The molecule has 0 amide bonds. The Morgan fingerprint density at radius 3 is 2.21 bits per heavy atom. The highest BCUT2D eigenvalue weighted by atomic mass is 28.4. The summed E-state index contributed by atoms with van der Waals surface area (Å²) in [5.41, 5.74) is 1.19. The van der Waals surface area contributed by atoms with E-state index < -0.39 is 8.80 Å². The first kappa shape index (κ1) is 19.1. The van der Waals surface area contributed by atoms with Crippen molar-refractivity contribution in [3.63, 3.8) is 0 Å². The van der Waals surface area contributed by atoms with Crippen LogP contribution < -0.4 is 0 Å². The summed E-state index contributed by atoms with van der Waals surface area (Å²) in [5, 5.41) is 2.42. The molecular weight excluding hydrogens is 320 g/mol. The summed E-state index contributed by atoms with van der Waals surface area (Å²) in [4.78, 5) is 0. The van der Waals surface area contributed by atoms with Crippen LogP contribution in [0, 0.1) is 0 Å². The maximum absolute atomic E-state index is 6.18. The van der Waals surface area contributed by atoms with E-state index in [4.69, 9.17) is 18.0 Å². The van der Waals surface area contributed by atoms with E-state index in [1.807, 2.05) is 27.7 Å². The maximum Gasteiger partial charge on any atom is 0.507 e. The fourth-order valence-electron chi connectivity index (χ4n) is 2.89. The third kappa shape index (κ3) is 4.88. The Balaban J connectivity index is 2.34. The van der Waals surface area contributed by atoms with E-state index >= 15 is 0 Å². The van der Waals surface area contributed by atoms with Crippen molar-refractivity contribution in [2.24, 2.45) is 0 Å². The molecule has 2 rings (SSSR count). The molecule has 1 unspecified atom stereocenters. The van der Waals surface area contributed by atoms with Crippen LogP contribution in [-0.2, 0) is 24.1 Å². The van der Waals surface area contributed by atoms with Gasteiger partial charge in [0.2, 0.25) is 0 Å². The van der Waals surface area contributed by atoms with Gasteiger partial charge in [0.1, 0.15) is 6.29 Å². The fourth-order valence-corrected chi connectivity index (χ4v) is 5.63. The van der Waals surface area contributed by atoms with Gasteiger partial charge in [-0.3, -0.25) is 0 Å². The third-order valence-corrected chi connectivity index (χ3v) is 6.72. The normalized spacial score (nSPS) is 13.3. The Labute approximate surface area is 146 Å². The lowest BCUT2D eigenvalue weighted by Crippen LogP contribution is -2.51. The van der Waals surface area contributed by atoms with Crippen LogP contribution in [-0.4, -0.2) is 34.9 Å². The molecular formula is C19H28O4Si. The van der Waals surface area contributed by atoms with Gasteiger partial charge in [0.05, 0.1) is 0 Å². The second kappa shape index (κ2) is 9.29. The molecule has 0 aliphatic heterocycles. The van der Waals surface area contributed by atoms with Crippen molar-refractivity contribution in [1.82, 2.24) is 0 Å². The van der Waals surface area contributed by atoms with Gasteiger partial charge in [0.15, 0.2) is 0 Å². The van der Waals surface area contributed by atoms with Gasteiger partial charge in [0, 0.05) is 25.9 Å². The zero-order chi connectivity index (χ0) is 17.4. The molecule has 0 aromatic heterocycles. The first-order chi connectivity index (χ1) is 11.6. The minimum atomic E-state index is -2.88. The summed E-state index contributed by atoms with van der Waals surface area (Å²) >= 11 is 0. The fraction of sp³-hybridized carbons (Fsp3) is 0.474. The minimum Gasteiger partial charge on any atom is -0.374 e. The van der Waals surface area contributed by atoms with Crippen LogP contribution in [0.15, 0.2) is 42.5 Å². The average Bonchev–Trinajstić information content (AvgIpc) is 2.56. The van der Waals surface area contributed by atoms with Crippen LogP contribution in [0.1, 0.15) is 33.3 Å². The van der Waals surface area contributed by atoms with Crippen molar-refractivity contribution >= 4 is 19.6 Å². The predicted molar refractivity (Wildman–Crippen MR) is 98.8 cm³/mol. The van der Waals surface area contributed by atoms with E-state index in [9.17, 15) is 0 Å². The van der Waals surface area contributed by atoms with E-state index in [-0.39, 0.29) is 6.29 Å². The molecule has 1 atom stereocenters. The van der Waals surface area contributed by atoms with Crippen LogP contribution in [0.5, 0.6) is 0 Å². The van der Waals surface area contributed by atoms with Gasteiger partial charge >= 0.3 is 8.80 Å². The SMILES string of the molecule is CCOC(C)O[Si](Cc1cccc2ccccc12)(OCC)OCC. The number of hydrogen-bond donors (Lipinski definition) is 0. The summed E-state index contributed by atoms with van der Waals surface area (Å²) < 4.78 is 23.9. The van der Waals surface area contributed by atoms with E-state index in [0.29, 0.717) is 25.9 Å². The molecule has 0 saturated heterocycles. The average molecular weight is 349 g/mol. The molecule has 2 aromatic rings. The zero-order valence-corrected chi connectivity index (χ0v) is 16.1.